The van der Waals surface area contributed by atoms with Crippen LogP contribution in [0, 0.1) is 0 Å². The van der Waals surface area contributed by atoms with E-state index in [2.05, 4.69) is 14.9 Å². The van der Waals surface area contributed by atoms with E-state index >= 15 is 0 Å². The van der Waals surface area contributed by atoms with Gasteiger partial charge in [-0.2, -0.15) is 0 Å². The predicted octanol–water partition coefficient (Wildman–Crippen LogP) is 0.867. The number of imidazole rings is 1. The summed E-state index contributed by atoms with van der Waals surface area (Å²) >= 11 is 0. The van der Waals surface area contributed by atoms with Crippen LogP contribution in [0.2, 0.25) is 0 Å². The van der Waals surface area contributed by atoms with Gasteiger partial charge in [0.05, 0.1) is 19.5 Å². The van der Waals surface area contributed by atoms with Gasteiger partial charge in [0, 0.05) is 44.6 Å². The summed E-state index contributed by atoms with van der Waals surface area (Å²) in [5, 5.41) is 2.92. The van der Waals surface area contributed by atoms with Crippen molar-refractivity contribution in [2.75, 3.05) is 39.4 Å². The third kappa shape index (κ3) is 4.31. The molecular weight excluding hydrogens is 322 g/mol. The van der Waals surface area contributed by atoms with E-state index in [1.807, 2.05) is 24.3 Å². The van der Waals surface area contributed by atoms with Crippen molar-refractivity contribution in [1.29, 1.82) is 0 Å². The van der Waals surface area contributed by atoms with Gasteiger partial charge in [0.25, 0.3) is 0 Å². The number of carbonyl (C=O) groups is 2. The van der Waals surface area contributed by atoms with Crippen LogP contribution in [0.5, 0.6) is 0 Å². The van der Waals surface area contributed by atoms with Crippen molar-refractivity contribution in [2.24, 2.45) is 0 Å². The molecule has 2 fully saturated rings. The van der Waals surface area contributed by atoms with Crippen LogP contribution in [0.4, 0.5) is 4.79 Å². The Morgan fingerprint density at radius 2 is 1.92 bits per heavy atom. The molecule has 8 heteroatoms. The Balaban J connectivity index is 1.49. The SMILES string of the molecule is CC[C@@H](NC(=O)N1CCC(n2ccnc2)CC1)C(=O)N1CCOCC1. The van der Waals surface area contributed by atoms with E-state index in [1.54, 1.807) is 11.1 Å². The Labute approximate surface area is 148 Å². The molecule has 1 atom stereocenters. The lowest BCUT2D eigenvalue weighted by Gasteiger charge is -2.34. The summed E-state index contributed by atoms with van der Waals surface area (Å²) in [5.74, 6) is -0.00699. The van der Waals surface area contributed by atoms with Crippen molar-refractivity contribution in [1.82, 2.24) is 24.7 Å². The first kappa shape index (κ1) is 17.7. The standard InChI is InChI=1S/C17H27N5O3/c1-2-15(16(23)20-9-11-25-12-10-20)19-17(24)21-6-3-14(4-7-21)22-8-5-18-13-22/h5,8,13-15H,2-4,6-7,9-12H2,1H3,(H,19,24)/t15-/m1/s1. The number of ether oxygens (including phenoxy) is 1. The molecule has 0 aliphatic carbocycles. The van der Waals surface area contributed by atoms with Crippen LogP contribution in [0.3, 0.4) is 0 Å². The molecule has 0 unspecified atom stereocenters. The summed E-state index contributed by atoms with van der Waals surface area (Å²) in [6, 6.07) is -0.210. The van der Waals surface area contributed by atoms with E-state index in [4.69, 9.17) is 4.74 Å². The Kier molecular flexibility index (Phi) is 5.91. The number of aromatic nitrogens is 2. The molecule has 0 aromatic carbocycles. The fourth-order valence-corrected chi connectivity index (χ4v) is 3.44. The molecule has 25 heavy (non-hydrogen) atoms. The third-order valence-corrected chi connectivity index (χ3v) is 5.03. The quantitative estimate of drug-likeness (QED) is 0.875. The number of rotatable bonds is 4. The first-order valence-electron chi connectivity index (χ1n) is 9.08. The number of hydrogen-bond donors (Lipinski definition) is 1. The van der Waals surface area contributed by atoms with Gasteiger partial charge in [-0.3, -0.25) is 4.79 Å². The van der Waals surface area contributed by atoms with Gasteiger partial charge in [0.1, 0.15) is 6.04 Å². The second-order valence-electron chi connectivity index (χ2n) is 6.58. The number of morpholine rings is 1. The number of urea groups is 1. The summed E-state index contributed by atoms with van der Waals surface area (Å²) in [4.78, 5) is 32.8. The highest BCUT2D eigenvalue weighted by Gasteiger charge is 2.29. The zero-order valence-corrected chi connectivity index (χ0v) is 14.8. The predicted molar refractivity (Wildman–Crippen MR) is 92.1 cm³/mol. The lowest BCUT2D eigenvalue weighted by atomic mass is 10.1. The summed E-state index contributed by atoms with van der Waals surface area (Å²) in [6.45, 7) is 5.64. The smallest absolute Gasteiger partial charge is 0.318 e. The topological polar surface area (TPSA) is 79.7 Å². The van der Waals surface area contributed by atoms with Crippen molar-refractivity contribution < 1.29 is 14.3 Å². The van der Waals surface area contributed by atoms with Crippen molar-refractivity contribution in [3.05, 3.63) is 18.7 Å². The average molecular weight is 349 g/mol. The number of hydrogen-bond acceptors (Lipinski definition) is 4. The van der Waals surface area contributed by atoms with Gasteiger partial charge in [-0.15, -0.1) is 0 Å². The molecule has 2 saturated heterocycles. The van der Waals surface area contributed by atoms with Crippen LogP contribution >= 0.6 is 0 Å². The van der Waals surface area contributed by atoms with Gasteiger partial charge in [-0.05, 0) is 19.3 Å². The van der Waals surface area contributed by atoms with Crippen LogP contribution in [0.25, 0.3) is 0 Å². The maximum atomic E-state index is 12.6. The van der Waals surface area contributed by atoms with Gasteiger partial charge < -0.3 is 24.4 Å². The first-order chi connectivity index (χ1) is 12.2. The zero-order valence-electron chi connectivity index (χ0n) is 14.8. The lowest BCUT2D eigenvalue weighted by molar-refractivity contribution is -0.137. The maximum absolute atomic E-state index is 12.6. The molecule has 138 valence electrons. The van der Waals surface area contributed by atoms with Crippen LogP contribution < -0.4 is 5.32 Å². The number of amides is 3. The Bertz CT molecular complexity index is 563. The zero-order chi connectivity index (χ0) is 17.6. The molecule has 0 saturated carbocycles. The molecular formula is C17H27N5O3. The minimum absolute atomic E-state index is 0.00699. The lowest BCUT2D eigenvalue weighted by Crippen LogP contribution is -2.55. The van der Waals surface area contributed by atoms with E-state index in [0.717, 1.165) is 12.8 Å². The molecule has 0 radical (unpaired) electrons. The fourth-order valence-electron chi connectivity index (χ4n) is 3.44. The molecule has 1 aromatic rings. The van der Waals surface area contributed by atoms with Gasteiger partial charge in [0.2, 0.25) is 5.91 Å². The van der Waals surface area contributed by atoms with Crippen molar-refractivity contribution in [3.63, 3.8) is 0 Å². The largest absolute Gasteiger partial charge is 0.378 e. The monoisotopic (exact) mass is 349 g/mol. The number of nitrogens with one attached hydrogen (secondary N) is 1. The van der Waals surface area contributed by atoms with Gasteiger partial charge in [0.15, 0.2) is 0 Å². The second kappa shape index (κ2) is 8.33. The van der Waals surface area contributed by atoms with Gasteiger partial charge >= 0.3 is 6.03 Å². The normalized spacial score (nSPS) is 20.4. The minimum atomic E-state index is -0.461. The molecule has 3 rings (SSSR count). The molecule has 2 aliphatic heterocycles. The van der Waals surface area contributed by atoms with Crippen LogP contribution in [-0.2, 0) is 9.53 Å². The summed E-state index contributed by atoms with van der Waals surface area (Å²) < 4.78 is 7.39. The summed E-state index contributed by atoms with van der Waals surface area (Å²) in [7, 11) is 0. The van der Waals surface area contributed by atoms with Crippen molar-refractivity contribution in [3.8, 4) is 0 Å². The molecule has 8 nitrogen and oxygen atoms in total. The van der Waals surface area contributed by atoms with E-state index < -0.39 is 6.04 Å². The molecule has 1 N–H and O–H groups in total. The number of carbonyl (C=O) groups excluding carboxylic acids is 2. The molecule has 3 heterocycles. The highest BCUT2D eigenvalue weighted by atomic mass is 16.5. The van der Waals surface area contributed by atoms with Crippen molar-refractivity contribution in [2.45, 2.75) is 38.3 Å². The highest BCUT2D eigenvalue weighted by molar-refractivity contribution is 5.87. The molecule has 0 spiro atoms. The fraction of sp³-hybridized carbons (Fsp3) is 0.706. The van der Waals surface area contributed by atoms with E-state index in [1.165, 1.54) is 0 Å². The molecule has 1 aromatic heterocycles. The minimum Gasteiger partial charge on any atom is -0.378 e. The van der Waals surface area contributed by atoms with Crippen LogP contribution in [0.15, 0.2) is 18.7 Å². The maximum Gasteiger partial charge on any atom is 0.318 e. The Morgan fingerprint density at radius 3 is 2.52 bits per heavy atom. The summed E-state index contributed by atoms with van der Waals surface area (Å²) in [6.07, 6.45) is 7.97. The summed E-state index contributed by atoms with van der Waals surface area (Å²) in [5.41, 5.74) is 0. The van der Waals surface area contributed by atoms with Crippen LogP contribution in [0.1, 0.15) is 32.2 Å². The number of nitrogens with zero attached hydrogens (tertiary/aromatic N) is 4. The Morgan fingerprint density at radius 1 is 1.20 bits per heavy atom. The highest BCUT2D eigenvalue weighted by Crippen LogP contribution is 2.22. The van der Waals surface area contributed by atoms with Gasteiger partial charge in [-0.1, -0.05) is 6.92 Å². The Hall–Kier alpha value is -2.09. The van der Waals surface area contributed by atoms with Crippen LogP contribution in [-0.4, -0.2) is 76.7 Å². The molecule has 0 bridgehead atoms. The van der Waals surface area contributed by atoms with E-state index in [0.29, 0.717) is 51.9 Å². The van der Waals surface area contributed by atoms with E-state index in [-0.39, 0.29) is 11.9 Å². The number of likely N-dealkylation sites (tertiary alicyclic amines) is 1. The van der Waals surface area contributed by atoms with E-state index in [9.17, 15) is 9.59 Å². The first-order valence-corrected chi connectivity index (χ1v) is 9.08. The third-order valence-electron chi connectivity index (χ3n) is 5.03. The van der Waals surface area contributed by atoms with Gasteiger partial charge in [-0.25, -0.2) is 9.78 Å². The number of piperidine rings is 1. The molecule has 3 amide bonds. The second-order valence-corrected chi connectivity index (χ2v) is 6.58. The molecule has 2 aliphatic rings. The average Bonchev–Trinajstić information content (AvgIpc) is 3.21. The van der Waals surface area contributed by atoms with Crippen molar-refractivity contribution >= 4 is 11.9 Å².